The SMILES string of the molecule is CCc1nc(-c2cccc3cc(-c4ccc(C(=O)NCC#Cc5cccc(C(=O)NC6CCC(=O)NC6=O)n5)nc4)ncc23)c2n1CCN(C(C)=O)C2. The number of amides is 5. The Morgan fingerprint density at radius 2 is 1.81 bits per heavy atom. The molecule has 53 heavy (non-hydrogen) atoms. The molecule has 5 aromatic rings. The predicted molar refractivity (Wildman–Crippen MR) is 194 cm³/mol. The fourth-order valence-electron chi connectivity index (χ4n) is 6.46. The van der Waals surface area contributed by atoms with Crippen LogP contribution in [0.2, 0.25) is 0 Å². The van der Waals surface area contributed by atoms with E-state index in [-0.39, 0.29) is 42.6 Å². The summed E-state index contributed by atoms with van der Waals surface area (Å²) in [5.74, 6) is 4.80. The molecule has 7 rings (SSSR count). The van der Waals surface area contributed by atoms with E-state index in [0.717, 1.165) is 52.1 Å². The van der Waals surface area contributed by atoms with Crippen molar-refractivity contribution in [2.45, 2.75) is 52.2 Å². The highest BCUT2D eigenvalue weighted by Gasteiger charge is 2.29. The maximum absolute atomic E-state index is 12.8. The molecule has 0 spiro atoms. The number of fused-ring (bicyclic) bond motifs is 2. The summed E-state index contributed by atoms with van der Waals surface area (Å²) in [7, 11) is 0. The lowest BCUT2D eigenvalue weighted by molar-refractivity contribution is -0.134. The Morgan fingerprint density at radius 1 is 0.962 bits per heavy atom. The van der Waals surface area contributed by atoms with Gasteiger partial charge in [0.25, 0.3) is 11.8 Å². The summed E-state index contributed by atoms with van der Waals surface area (Å²) in [5, 5.41) is 9.42. The molecule has 1 fully saturated rings. The van der Waals surface area contributed by atoms with Crippen LogP contribution in [0.5, 0.6) is 0 Å². The zero-order valence-electron chi connectivity index (χ0n) is 29.1. The topological polar surface area (TPSA) is 181 Å². The Morgan fingerprint density at radius 3 is 2.58 bits per heavy atom. The van der Waals surface area contributed by atoms with E-state index in [1.54, 1.807) is 37.4 Å². The van der Waals surface area contributed by atoms with Gasteiger partial charge in [0.1, 0.15) is 28.9 Å². The predicted octanol–water partition coefficient (Wildman–Crippen LogP) is 2.80. The number of nitrogens with one attached hydrogen (secondary N) is 3. The van der Waals surface area contributed by atoms with Crippen LogP contribution in [0, 0.1) is 11.8 Å². The second-order valence-corrected chi connectivity index (χ2v) is 12.7. The summed E-state index contributed by atoms with van der Waals surface area (Å²) in [6.45, 7) is 5.60. The van der Waals surface area contributed by atoms with Gasteiger partial charge in [0.05, 0.1) is 30.2 Å². The van der Waals surface area contributed by atoms with E-state index in [1.165, 1.54) is 6.07 Å². The van der Waals surface area contributed by atoms with E-state index in [2.05, 4.69) is 49.3 Å². The largest absolute Gasteiger partial charge is 0.340 e. The first-order chi connectivity index (χ1) is 25.7. The fourth-order valence-corrected chi connectivity index (χ4v) is 6.46. The molecule has 1 saturated heterocycles. The highest BCUT2D eigenvalue weighted by Crippen LogP contribution is 2.34. The number of hydrogen-bond acceptors (Lipinski definition) is 9. The Hall–Kier alpha value is -6.75. The molecule has 1 aromatic carbocycles. The molecule has 0 bridgehead atoms. The molecule has 3 N–H and O–H groups in total. The summed E-state index contributed by atoms with van der Waals surface area (Å²) in [4.78, 5) is 81.1. The molecule has 1 atom stereocenters. The van der Waals surface area contributed by atoms with Gasteiger partial charge in [0.15, 0.2) is 0 Å². The van der Waals surface area contributed by atoms with E-state index in [1.807, 2.05) is 35.4 Å². The fraction of sp³-hybridized carbons (Fsp3) is 0.256. The molecular formula is C39H35N9O5. The molecule has 4 aromatic heterocycles. The van der Waals surface area contributed by atoms with E-state index in [4.69, 9.17) is 9.97 Å². The lowest BCUT2D eigenvalue weighted by Crippen LogP contribution is -2.52. The number of carbonyl (C=O) groups is 5. The van der Waals surface area contributed by atoms with Crippen molar-refractivity contribution in [3.8, 4) is 34.4 Å². The number of imidazole rings is 1. The quantitative estimate of drug-likeness (QED) is 0.169. The molecule has 0 saturated carbocycles. The van der Waals surface area contributed by atoms with Gasteiger partial charge in [-0.15, -0.1) is 0 Å². The van der Waals surface area contributed by atoms with Gasteiger partial charge in [-0.3, -0.25) is 39.3 Å². The van der Waals surface area contributed by atoms with E-state index >= 15 is 0 Å². The Kier molecular flexibility index (Phi) is 9.72. The normalized spacial score (nSPS) is 15.2. The summed E-state index contributed by atoms with van der Waals surface area (Å²) in [6, 6.07) is 15.4. The van der Waals surface area contributed by atoms with Gasteiger partial charge >= 0.3 is 0 Å². The smallest absolute Gasteiger partial charge is 0.270 e. The van der Waals surface area contributed by atoms with Gasteiger partial charge in [0.2, 0.25) is 17.7 Å². The number of imide groups is 1. The monoisotopic (exact) mass is 709 g/mol. The molecular weight excluding hydrogens is 674 g/mol. The number of aryl methyl sites for hydroxylation is 1. The van der Waals surface area contributed by atoms with Crippen LogP contribution in [0.25, 0.3) is 33.3 Å². The second kappa shape index (κ2) is 14.8. The molecule has 2 aliphatic heterocycles. The molecule has 2 aliphatic rings. The van der Waals surface area contributed by atoms with Crippen LogP contribution in [0.15, 0.2) is 67.0 Å². The first-order valence-electron chi connectivity index (χ1n) is 17.3. The van der Waals surface area contributed by atoms with Gasteiger partial charge in [0, 0.05) is 61.8 Å². The van der Waals surface area contributed by atoms with Crippen LogP contribution in [0.3, 0.4) is 0 Å². The van der Waals surface area contributed by atoms with Crippen molar-refractivity contribution in [1.82, 2.24) is 45.4 Å². The molecule has 14 heteroatoms. The zero-order valence-corrected chi connectivity index (χ0v) is 29.1. The van der Waals surface area contributed by atoms with Crippen LogP contribution >= 0.6 is 0 Å². The van der Waals surface area contributed by atoms with Crippen molar-refractivity contribution in [3.05, 3.63) is 95.6 Å². The lowest BCUT2D eigenvalue weighted by Gasteiger charge is -2.28. The minimum atomic E-state index is -0.817. The van der Waals surface area contributed by atoms with Gasteiger partial charge in [-0.25, -0.2) is 9.97 Å². The van der Waals surface area contributed by atoms with Crippen molar-refractivity contribution in [1.29, 1.82) is 0 Å². The highest BCUT2D eigenvalue weighted by molar-refractivity contribution is 6.03. The number of nitrogens with zero attached hydrogens (tertiary/aromatic N) is 6. The number of aromatic nitrogens is 5. The third kappa shape index (κ3) is 7.36. The van der Waals surface area contributed by atoms with E-state index < -0.39 is 23.8 Å². The van der Waals surface area contributed by atoms with Crippen molar-refractivity contribution in [3.63, 3.8) is 0 Å². The first-order valence-corrected chi connectivity index (χ1v) is 17.3. The second-order valence-electron chi connectivity index (χ2n) is 12.7. The van der Waals surface area contributed by atoms with Crippen LogP contribution in [0.4, 0.5) is 0 Å². The Bertz CT molecular complexity index is 2360. The molecule has 14 nitrogen and oxygen atoms in total. The van der Waals surface area contributed by atoms with Gasteiger partial charge in [-0.05, 0) is 48.1 Å². The zero-order chi connectivity index (χ0) is 37.1. The molecule has 0 aliphatic carbocycles. The van der Waals surface area contributed by atoms with Crippen molar-refractivity contribution < 1.29 is 24.0 Å². The van der Waals surface area contributed by atoms with Crippen LogP contribution < -0.4 is 16.0 Å². The third-order valence-corrected chi connectivity index (χ3v) is 9.24. The number of benzene rings is 1. The number of carbonyl (C=O) groups excluding carboxylic acids is 5. The average Bonchev–Trinajstić information content (AvgIpc) is 3.55. The first kappa shape index (κ1) is 34.7. The number of rotatable bonds is 7. The van der Waals surface area contributed by atoms with Crippen molar-refractivity contribution in [2.24, 2.45) is 0 Å². The molecule has 6 heterocycles. The third-order valence-electron chi connectivity index (χ3n) is 9.24. The van der Waals surface area contributed by atoms with E-state index in [9.17, 15) is 24.0 Å². The number of piperidine rings is 1. The average molecular weight is 710 g/mol. The van der Waals surface area contributed by atoms with Crippen LogP contribution in [0.1, 0.15) is 64.9 Å². The van der Waals surface area contributed by atoms with Gasteiger partial charge in [-0.2, -0.15) is 0 Å². The van der Waals surface area contributed by atoms with Gasteiger partial charge in [-0.1, -0.05) is 37.1 Å². The van der Waals surface area contributed by atoms with Gasteiger partial charge < -0.3 is 20.1 Å². The minimum Gasteiger partial charge on any atom is -0.340 e. The molecule has 1 unspecified atom stereocenters. The molecule has 0 radical (unpaired) electrons. The van der Waals surface area contributed by atoms with Crippen molar-refractivity contribution in [2.75, 3.05) is 13.1 Å². The number of hydrogen-bond donors (Lipinski definition) is 3. The minimum absolute atomic E-state index is 0.0116. The molecule has 266 valence electrons. The Labute approximate surface area is 304 Å². The summed E-state index contributed by atoms with van der Waals surface area (Å²) in [6.07, 6.45) is 4.58. The summed E-state index contributed by atoms with van der Waals surface area (Å²) >= 11 is 0. The number of pyridine rings is 3. The van der Waals surface area contributed by atoms with E-state index in [0.29, 0.717) is 24.5 Å². The van der Waals surface area contributed by atoms with Crippen LogP contribution in [-0.4, -0.2) is 78.1 Å². The summed E-state index contributed by atoms with van der Waals surface area (Å²) in [5.41, 5.74) is 4.89. The van der Waals surface area contributed by atoms with Crippen molar-refractivity contribution >= 4 is 40.3 Å². The maximum atomic E-state index is 12.8. The molecule has 5 amide bonds. The lowest BCUT2D eigenvalue weighted by atomic mass is 10.0. The highest BCUT2D eigenvalue weighted by atomic mass is 16.2. The standard InChI is InChI=1S/C39H35N9O5/c1-3-34-45-36(33-22-47(23(2)49)17-18-48(33)34)27-10-4-7-24-19-32(42-21-28(24)27)25-12-13-29(41-20-25)37(51)40-16-6-9-26-8-5-11-30(43-26)38(52)44-31-14-15-35(50)46-39(31)53/h4-5,7-8,10-13,19-21,31H,3,14-18,22H2,1-2H3,(H,40,51)(H,44,52)(H,46,50,53). The maximum Gasteiger partial charge on any atom is 0.270 e. The Balaban J connectivity index is 0.996. The van der Waals surface area contributed by atoms with Crippen LogP contribution in [-0.2, 0) is 33.9 Å². The summed E-state index contributed by atoms with van der Waals surface area (Å²) < 4.78 is 2.23.